The number of hydrogen-bond donors (Lipinski definition) is 1. The average molecular weight is 189 g/mol. The molecule has 5 heteroatoms. The molecule has 0 amide bonds. The van der Waals surface area contributed by atoms with Crippen LogP contribution in [0.15, 0.2) is 31.0 Å². The van der Waals surface area contributed by atoms with E-state index in [1.54, 1.807) is 17.2 Å². The van der Waals surface area contributed by atoms with Crippen molar-refractivity contribution in [1.82, 2.24) is 19.7 Å². The molecule has 0 fully saturated rings. The van der Waals surface area contributed by atoms with Gasteiger partial charge in [0.05, 0.1) is 12.2 Å². The normalized spacial score (nSPS) is 10.4. The van der Waals surface area contributed by atoms with E-state index in [1.165, 1.54) is 6.33 Å². The first-order valence-electron chi connectivity index (χ1n) is 4.35. The van der Waals surface area contributed by atoms with Crippen molar-refractivity contribution in [1.29, 1.82) is 0 Å². The van der Waals surface area contributed by atoms with Gasteiger partial charge in [0.1, 0.15) is 12.7 Å². The molecule has 72 valence electrons. The summed E-state index contributed by atoms with van der Waals surface area (Å²) in [6, 6.07) is 3.89. The molecule has 2 aromatic heterocycles. The Morgan fingerprint density at radius 1 is 1.43 bits per heavy atom. The van der Waals surface area contributed by atoms with Crippen molar-refractivity contribution < 1.29 is 0 Å². The smallest absolute Gasteiger partial charge is 0.137 e. The lowest BCUT2D eigenvalue weighted by atomic mass is 10.2. The van der Waals surface area contributed by atoms with Crippen LogP contribution < -0.4 is 5.73 Å². The summed E-state index contributed by atoms with van der Waals surface area (Å²) < 4.78 is 1.75. The predicted octanol–water partition coefficient (Wildman–Crippen LogP) is 0.180. The van der Waals surface area contributed by atoms with E-state index in [-0.39, 0.29) is 0 Å². The Morgan fingerprint density at radius 3 is 3.07 bits per heavy atom. The van der Waals surface area contributed by atoms with Crippen molar-refractivity contribution in [2.75, 3.05) is 0 Å². The van der Waals surface area contributed by atoms with Crippen molar-refractivity contribution in [3.8, 4) is 0 Å². The molecule has 2 rings (SSSR count). The molecule has 0 atom stereocenters. The van der Waals surface area contributed by atoms with Gasteiger partial charge in [0, 0.05) is 12.7 Å². The van der Waals surface area contributed by atoms with Crippen LogP contribution in [0.2, 0.25) is 0 Å². The highest BCUT2D eigenvalue weighted by atomic mass is 15.3. The van der Waals surface area contributed by atoms with Gasteiger partial charge in [-0.15, -0.1) is 0 Å². The summed E-state index contributed by atoms with van der Waals surface area (Å²) in [7, 11) is 0. The van der Waals surface area contributed by atoms with Gasteiger partial charge >= 0.3 is 0 Å². The molecule has 0 saturated carbocycles. The van der Waals surface area contributed by atoms with Gasteiger partial charge in [-0.25, -0.2) is 9.67 Å². The Labute approximate surface area is 81.6 Å². The summed E-state index contributed by atoms with van der Waals surface area (Å²) in [4.78, 5) is 8.07. The van der Waals surface area contributed by atoms with Crippen LogP contribution in [0, 0.1) is 0 Å². The molecular formula is C9H11N5. The standard InChI is InChI=1S/C9H11N5/c10-4-9-8(2-1-3-12-9)5-14-7-11-6-13-14/h1-3,6-7H,4-5,10H2. The van der Waals surface area contributed by atoms with Crippen LogP contribution in [-0.2, 0) is 13.1 Å². The van der Waals surface area contributed by atoms with Crippen LogP contribution in [0.5, 0.6) is 0 Å². The molecule has 0 unspecified atom stereocenters. The molecule has 0 bridgehead atoms. The highest BCUT2D eigenvalue weighted by molar-refractivity contribution is 5.19. The van der Waals surface area contributed by atoms with Crippen LogP contribution in [0.1, 0.15) is 11.3 Å². The summed E-state index contributed by atoms with van der Waals surface area (Å²) in [6.07, 6.45) is 4.93. The molecule has 2 N–H and O–H groups in total. The Balaban J connectivity index is 2.24. The quantitative estimate of drug-likeness (QED) is 0.747. The fourth-order valence-electron chi connectivity index (χ4n) is 1.29. The van der Waals surface area contributed by atoms with E-state index in [4.69, 9.17) is 5.73 Å². The number of nitrogens with two attached hydrogens (primary N) is 1. The topological polar surface area (TPSA) is 69.6 Å². The molecule has 0 aromatic carbocycles. The number of nitrogens with zero attached hydrogens (tertiary/aromatic N) is 4. The predicted molar refractivity (Wildman–Crippen MR) is 51.3 cm³/mol. The largest absolute Gasteiger partial charge is 0.325 e. The number of pyridine rings is 1. The minimum atomic E-state index is 0.449. The van der Waals surface area contributed by atoms with Gasteiger partial charge in [-0.3, -0.25) is 4.98 Å². The summed E-state index contributed by atoms with van der Waals surface area (Å²) in [5.41, 5.74) is 7.56. The van der Waals surface area contributed by atoms with Gasteiger partial charge in [-0.1, -0.05) is 6.07 Å². The molecule has 2 heterocycles. The minimum absolute atomic E-state index is 0.449. The van der Waals surface area contributed by atoms with Crippen molar-refractivity contribution >= 4 is 0 Å². The number of rotatable bonds is 3. The van der Waals surface area contributed by atoms with Gasteiger partial charge in [0.25, 0.3) is 0 Å². The summed E-state index contributed by atoms with van der Waals surface area (Å²) in [5, 5.41) is 4.02. The minimum Gasteiger partial charge on any atom is -0.325 e. The monoisotopic (exact) mass is 189 g/mol. The fraction of sp³-hybridized carbons (Fsp3) is 0.222. The van der Waals surface area contributed by atoms with Gasteiger partial charge in [-0.05, 0) is 11.6 Å². The van der Waals surface area contributed by atoms with Gasteiger partial charge in [-0.2, -0.15) is 5.10 Å². The van der Waals surface area contributed by atoms with Gasteiger partial charge in [0.15, 0.2) is 0 Å². The second kappa shape index (κ2) is 3.97. The van der Waals surface area contributed by atoms with E-state index in [2.05, 4.69) is 15.1 Å². The molecule has 2 aromatic rings. The number of hydrogen-bond acceptors (Lipinski definition) is 4. The zero-order valence-corrected chi connectivity index (χ0v) is 7.67. The molecule has 0 aliphatic heterocycles. The van der Waals surface area contributed by atoms with Crippen LogP contribution in [0.4, 0.5) is 0 Å². The van der Waals surface area contributed by atoms with E-state index in [0.29, 0.717) is 13.1 Å². The third-order valence-corrected chi connectivity index (χ3v) is 1.98. The Kier molecular flexibility index (Phi) is 2.51. The van der Waals surface area contributed by atoms with Gasteiger partial charge in [0.2, 0.25) is 0 Å². The zero-order valence-electron chi connectivity index (χ0n) is 7.67. The van der Waals surface area contributed by atoms with Crippen molar-refractivity contribution in [3.05, 3.63) is 42.2 Å². The molecule has 0 radical (unpaired) electrons. The molecule has 0 aliphatic rings. The number of aromatic nitrogens is 4. The first-order chi connectivity index (χ1) is 6.90. The maximum absolute atomic E-state index is 5.57. The molecule has 0 saturated heterocycles. The lowest BCUT2D eigenvalue weighted by Gasteiger charge is -2.05. The zero-order chi connectivity index (χ0) is 9.80. The first kappa shape index (κ1) is 8.83. The average Bonchev–Trinajstić information content (AvgIpc) is 2.71. The van der Waals surface area contributed by atoms with Crippen LogP contribution in [-0.4, -0.2) is 19.7 Å². The highest BCUT2D eigenvalue weighted by Crippen LogP contribution is 2.05. The van der Waals surface area contributed by atoms with E-state index >= 15 is 0 Å². The molecule has 5 nitrogen and oxygen atoms in total. The third-order valence-electron chi connectivity index (χ3n) is 1.98. The lowest BCUT2D eigenvalue weighted by Crippen LogP contribution is -2.08. The Hall–Kier alpha value is -1.75. The van der Waals surface area contributed by atoms with Crippen LogP contribution >= 0.6 is 0 Å². The molecular weight excluding hydrogens is 178 g/mol. The summed E-state index contributed by atoms with van der Waals surface area (Å²) in [5.74, 6) is 0. The van der Waals surface area contributed by atoms with E-state index in [0.717, 1.165) is 11.3 Å². The highest BCUT2D eigenvalue weighted by Gasteiger charge is 2.01. The van der Waals surface area contributed by atoms with Crippen molar-refractivity contribution in [2.24, 2.45) is 5.73 Å². The van der Waals surface area contributed by atoms with Crippen molar-refractivity contribution in [3.63, 3.8) is 0 Å². The van der Waals surface area contributed by atoms with E-state index in [1.807, 2.05) is 12.1 Å². The van der Waals surface area contributed by atoms with E-state index < -0.39 is 0 Å². The maximum Gasteiger partial charge on any atom is 0.137 e. The van der Waals surface area contributed by atoms with Crippen LogP contribution in [0.25, 0.3) is 0 Å². The first-order valence-corrected chi connectivity index (χ1v) is 4.35. The van der Waals surface area contributed by atoms with Crippen LogP contribution in [0.3, 0.4) is 0 Å². The second-order valence-corrected chi connectivity index (χ2v) is 2.91. The van der Waals surface area contributed by atoms with E-state index in [9.17, 15) is 0 Å². The maximum atomic E-state index is 5.57. The second-order valence-electron chi connectivity index (χ2n) is 2.91. The Bertz CT molecular complexity index is 395. The van der Waals surface area contributed by atoms with Crippen molar-refractivity contribution in [2.45, 2.75) is 13.1 Å². The third kappa shape index (κ3) is 1.77. The Morgan fingerprint density at radius 2 is 2.36 bits per heavy atom. The molecule has 0 aliphatic carbocycles. The molecule has 14 heavy (non-hydrogen) atoms. The fourth-order valence-corrected chi connectivity index (χ4v) is 1.29. The SMILES string of the molecule is NCc1ncccc1Cn1cncn1. The molecule has 0 spiro atoms. The summed E-state index contributed by atoms with van der Waals surface area (Å²) in [6.45, 7) is 1.12. The summed E-state index contributed by atoms with van der Waals surface area (Å²) >= 11 is 0. The van der Waals surface area contributed by atoms with Gasteiger partial charge < -0.3 is 5.73 Å². The lowest BCUT2D eigenvalue weighted by molar-refractivity contribution is 0.675.